The van der Waals surface area contributed by atoms with Crippen LogP contribution >= 0.6 is 0 Å². The molecule has 4 nitrogen and oxygen atoms in total. The summed E-state index contributed by atoms with van der Waals surface area (Å²) in [4.78, 5) is 14.1. The van der Waals surface area contributed by atoms with Crippen LogP contribution in [0.3, 0.4) is 0 Å². The van der Waals surface area contributed by atoms with Crippen LogP contribution in [0.25, 0.3) is 0 Å². The van der Waals surface area contributed by atoms with Gasteiger partial charge in [-0.05, 0) is 52.0 Å². The van der Waals surface area contributed by atoms with Crippen molar-refractivity contribution in [1.82, 2.24) is 10.2 Å². The van der Waals surface area contributed by atoms with Gasteiger partial charge in [-0.2, -0.15) is 0 Å². The Morgan fingerprint density at radius 2 is 1.91 bits per heavy atom. The number of likely N-dealkylation sites (tertiary alicyclic amines) is 1. The maximum Gasteiger partial charge on any atom is 0.410 e. The Morgan fingerprint density at radius 1 is 1.27 bits per heavy atom. The molecule has 22 heavy (non-hydrogen) atoms. The summed E-state index contributed by atoms with van der Waals surface area (Å²) in [5, 5.41) is 3.65. The van der Waals surface area contributed by atoms with Crippen LogP contribution in [-0.2, 0) is 4.74 Å². The van der Waals surface area contributed by atoms with Crippen LogP contribution in [0.15, 0.2) is 0 Å². The average molecular weight is 312 g/mol. The van der Waals surface area contributed by atoms with E-state index in [1.54, 1.807) is 0 Å². The lowest BCUT2D eigenvalue weighted by atomic mass is 9.87. The quantitative estimate of drug-likeness (QED) is 0.771. The lowest BCUT2D eigenvalue weighted by molar-refractivity contribution is 0.0284. The van der Waals surface area contributed by atoms with Crippen LogP contribution in [0, 0.1) is 11.8 Å². The molecule has 2 atom stereocenters. The zero-order valence-corrected chi connectivity index (χ0v) is 15.4. The molecule has 0 aliphatic carbocycles. The van der Waals surface area contributed by atoms with E-state index >= 15 is 0 Å². The van der Waals surface area contributed by atoms with Gasteiger partial charge in [-0.15, -0.1) is 0 Å². The second-order valence-corrected chi connectivity index (χ2v) is 7.56. The molecule has 1 fully saturated rings. The molecule has 0 aromatic rings. The number of nitrogens with one attached hydrogen (secondary N) is 1. The first kappa shape index (κ1) is 19.3. The maximum absolute atomic E-state index is 12.2. The van der Waals surface area contributed by atoms with Crippen LogP contribution in [-0.4, -0.2) is 42.3 Å². The number of hydrogen-bond acceptors (Lipinski definition) is 3. The molecule has 4 heteroatoms. The summed E-state index contributed by atoms with van der Waals surface area (Å²) in [6.45, 7) is 15.1. The molecule has 1 amide bonds. The largest absolute Gasteiger partial charge is 0.444 e. The molecular formula is C18H36N2O2. The van der Waals surface area contributed by atoms with E-state index in [9.17, 15) is 4.79 Å². The van der Waals surface area contributed by atoms with E-state index in [1.807, 2.05) is 25.7 Å². The first-order chi connectivity index (χ1) is 10.3. The van der Waals surface area contributed by atoms with Crippen molar-refractivity contribution in [1.29, 1.82) is 0 Å². The van der Waals surface area contributed by atoms with E-state index in [-0.39, 0.29) is 6.09 Å². The molecule has 0 aromatic heterocycles. The molecule has 2 unspecified atom stereocenters. The summed E-state index contributed by atoms with van der Waals surface area (Å²) >= 11 is 0. The first-order valence-electron chi connectivity index (χ1n) is 9.01. The highest BCUT2D eigenvalue weighted by Gasteiger charge is 2.34. The number of hydrogen-bond donors (Lipinski definition) is 1. The zero-order valence-electron chi connectivity index (χ0n) is 15.4. The van der Waals surface area contributed by atoms with Gasteiger partial charge in [-0.25, -0.2) is 4.79 Å². The highest BCUT2D eigenvalue weighted by Crippen LogP contribution is 2.27. The summed E-state index contributed by atoms with van der Waals surface area (Å²) in [5.74, 6) is 1.33. The van der Waals surface area contributed by atoms with Crippen LogP contribution < -0.4 is 5.32 Å². The minimum Gasteiger partial charge on any atom is -0.444 e. The number of ether oxygens (including phenoxy) is 1. The van der Waals surface area contributed by atoms with E-state index in [0.717, 1.165) is 32.0 Å². The number of carbonyl (C=O) groups excluding carboxylic acids is 1. The molecular weight excluding hydrogens is 276 g/mol. The Kier molecular flexibility index (Phi) is 7.67. The molecule has 0 radical (unpaired) electrons. The molecule has 1 rings (SSSR count). The summed E-state index contributed by atoms with van der Waals surface area (Å²) < 4.78 is 5.50. The summed E-state index contributed by atoms with van der Waals surface area (Å²) in [5.41, 5.74) is -0.411. The second-order valence-electron chi connectivity index (χ2n) is 7.56. The van der Waals surface area contributed by atoms with Gasteiger partial charge in [0.15, 0.2) is 0 Å². The lowest BCUT2D eigenvalue weighted by Crippen LogP contribution is -2.40. The van der Waals surface area contributed by atoms with E-state index in [0.29, 0.717) is 12.0 Å². The van der Waals surface area contributed by atoms with E-state index in [1.165, 1.54) is 19.3 Å². The van der Waals surface area contributed by atoms with Gasteiger partial charge in [0.2, 0.25) is 0 Å². The van der Waals surface area contributed by atoms with Crippen molar-refractivity contribution in [3.8, 4) is 0 Å². The van der Waals surface area contributed by atoms with Gasteiger partial charge >= 0.3 is 6.09 Å². The minimum absolute atomic E-state index is 0.159. The Labute approximate surface area is 137 Å². The lowest BCUT2D eigenvalue weighted by Gasteiger charge is -2.29. The number of rotatable bonds is 7. The Bertz CT molecular complexity index is 334. The van der Waals surface area contributed by atoms with E-state index in [4.69, 9.17) is 4.74 Å². The third kappa shape index (κ3) is 6.15. The molecule has 1 aliphatic rings. The van der Waals surface area contributed by atoms with Crippen LogP contribution in [0.2, 0.25) is 0 Å². The maximum atomic E-state index is 12.2. The number of carbonyl (C=O) groups is 1. The zero-order chi connectivity index (χ0) is 16.8. The fraction of sp³-hybridized carbons (Fsp3) is 0.944. The molecule has 1 saturated heterocycles. The summed E-state index contributed by atoms with van der Waals surface area (Å²) in [7, 11) is 0. The Balaban J connectivity index is 2.58. The molecule has 130 valence electrons. The van der Waals surface area contributed by atoms with Crippen molar-refractivity contribution in [3.63, 3.8) is 0 Å². The second kappa shape index (κ2) is 8.76. The van der Waals surface area contributed by atoms with Crippen LogP contribution in [0.4, 0.5) is 4.79 Å². The van der Waals surface area contributed by atoms with Gasteiger partial charge in [0, 0.05) is 19.1 Å². The molecule has 0 bridgehead atoms. The molecule has 0 spiro atoms. The predicted octanol–water partition coefficient (Wildman–Crippen LogP) is 4.05. The third-order valence-electron chi connectivity index (χ3n) is 4.65. The third-order valence-corrected chi connectivity index (χ3v) is 4.65. The first-order valence-corrected chi connectivity index (χ1v) is 9.01. The summed E-state index contributed by atoms with van der Waals surface area (Å²) in [6.07, 6.45) is 4.61. The van der Waals surface area contributed by atoms with Crippen molar-refractivity contribution in [2.24, 2.45) is 11.8 Å². The fourth-order valence-electron chi connectivity index (χ4n) is 3.29. The highest BCUT2D eigenvalue weighted by atomic mass is 16.6. The van der Waals surface area contributed by atoms with Crippen molar-refractivity contribution in [3.05, 3.63) is 0 Å². The van der Waals surface area contributed by atoms with Crippen LogP contribution in [0.5, 0.6) is 0 Å². The molecule has 0 aromatic carbocycles. The number of amides is 1. The Hall–Kier alpha value is -0.770. The van der Waals surface area contributed by atoms with Gasteiger partial charge in [-0.1, -0.05) is 33.6 Å². The normalized spacial score (nSPS) is 20.5. The van der Waals surface area contributed by atoms with Crippen molar-refractivity contribution >= 4 is 6.09 Å². The summed E-state index contributed by atoms with van der Waals surface area (Å²) in [6, 6.07) is 0.516. The molecule has 0 saturated carbocycles. The van der Waals surface area contributed by atoms with Gasteiger partial charge in [-0.3, -0.25) is 0 Å². The predicted molar refractivity (Wildman–Crippen MR) is 92.1 cm³/mol. The van der Waals surface area contributed by atoms with Crippen molar-refractivity contribution in [2.45, 2.75) is 78.9 Å². The van der Waals surface area contributed by atoms with E-state index < -0.39 is 5.60 Å². The Morgan fingerprint density at radius 3 is 2.41 bits per heavy atom. The minimum atomic E-state index is -0.411. The monoisotopic (exact) mass is 312 g/mol. The highest BCUT2D eigenvalue weighted by molar-refractivity contribution is 5.68. The van der Waals surface area contributed by atoms with Gasteiger partial charge in [0.05, 0.1) is 0 Å². The average Bonchev–Trinajstić information content (AvgIpc) is 2.91. The fourth-order valence-corrected chi connectivity index (χ4v) is 3.29. The topological polar surface area (TPSA) is 41.6 Å². The van der Waals surface area contributed by atoms with Crippen molar-refractivity contribution in [2.75, 3.05) is 19.6 Å². The molecule has 1 heterocycles. The molecule has 1 aliphatic heterocycles. The van der Waals surface area contributed by atoms with Crippen LogP contribution in [0.1, 0.15) is 67.2 Å². The molecule has 1 N–H and O–H groups in total. The number of nitrogens with zero attached hydrogens (tertiary/aromatic N) is 1. The van der Waals surface area contributed by atoms with Gasteiger partial charge in [0.1, 0.15) is 5.60 Å². The standard InChI is InChI=1S/C18H36N2O2/c1-7-14(8-2)12-16(19-9-3)15-10-11-20(13-15)17(21)22-18(4,5)6/h14-16,19H,7-13H2,1-6H3. The van der Waals surface area contributed by atoms with Crippen molar-refractivity contribution < 1.29 is 9.53 Å². The van der Waals surface area contributed by atoms with Gasteiger partial charge < -0.3 is 15.0 Å². The SMILES string of the molecule is CCNC(CC(CC)CC)C1CCN(C(=O)OC(C)(C)C)C1. The van der Waals surface area contributed by atoms with E-state index in [2.05, 4.69) is 26.1 Å². The smallest absolute Gasteiger partial charge is 0.410 e. The van der Waals surface area contributed by atoms with Gasteiger partial charge in [0.25, 0.3) is 0 Å².